The fourth-order valence-electron chi connectivity index (χ4n) is 5.56. The Bertz CT molecular complexity index is 942. The van der Waals surface area contributed by atoms with Gasteiger partial charge in [0.05, 0.1) is 23.0 Å². The fraction of sp³-hybridized carbons (Fsp3) is 0.476. The van der Waals surface area contributed by atoms with E-state index in [1.54, 1.807) is 0 Å². The van der Waals surface area contributed by atoms with E-state index in [2.05, 4.69) is 70.2 Å². The maximum absolute atomic E-state index is 4.62. The molecule has 0 saturated heterocycles. The first-order chi connectivity index (χ1) is 12.1. The predicted molar refractivity (Wildman–Crippen MR) is 101 cm³/mol. The first kappa shape index (κ1) is 15.1. The number of fused-ring (bicyclic) bond motifs is 4. The Morgan fingerprint density at radius 3 is 2.64 bits per heavy atom. The number of anilines is 1. The van der Waals surface area contributed by atoms with Gasteiger partial charge in [0.15, 0.2) is 0 Å². The number of benzene rings is 1. The highest BCUT2D eigenvalue weighted by Crippen LogP contribution is 2.56. The van der Waals surface area contributed by atoms with Crippen molar-refractivity contribution in [1.82, 2.24) is 14.0 Å². The normalized spacial score (nSPS) is 22.0. The summed E-state index contributed by atoms with van der Waals surface area (Å²) in [7, 11) is 2.20. The molecule has 1 aliphatic carbocycles. The standard InChI is InChI=1S/C21H26N4/c1-15-9-5-6-10-17(15)25-16(2)18-19(21(25)11-7-4-8-12-21)23(3)20-22-13-14-24(18)20/h5-6,9-10,13-14,16H,4,7-8,11-12H2,1-3H3/t16-/m0/s1. The Morgan fingerprint density at radius 2 is 1.88 bits per heavy atom. The van der Waals surface area contributed by atoms with E-state index < -0.39 is 0 Å². The van der Waals surface area contributed by atoms with Crippen LogP contribution in [-0.2, 0) is 12.6 Å². The van der Waals surface area contributed by atoms with E-state index in [1.165, 1.54) is 54.7 Å². The smallest absolute Gasteiger partial charge is 0.214 e. The Morgan fingerprint density at radius 1 is 1.12 bits per heavy atom. The van der Waals surface area contributed by atoms with Crippen molar-refractivity contribution in [1.29, 1.82) is 0 Å². The largest absolute Gasteiger partial charge is 0.352 e. The van der Waals surface area contributed by atoms with Crippen LogP contribution < -0.4 is 4.90 Å². The molecule has 3 heterocycles. The number of imidazole rings is 2. The summed E-state index contributed by atoms with van der Waals surface area (Å²) in [6.07, 6.45) is 10.5. The average Bonchev–Trinajstić information content (AvgIpc) is 3.25. The van der Waals surface area contributed by atoms with E-state index in [0.29, 0.717) is 6.04 Å². The number of aromatic nitrogens is 3. The Balaban J connectivity index is 1.81. The van der Waals surface area contributed by atoms with Crippen LogP contribution in [0.2, 0.25) is 0 Å². The van der Waals surface area contributed by atoms with Crippen LogP contribution in [0.3, 0.4) is 0 Å². The lowest BCUT2D eigenvalue weighted by Crippen LogP contribution is -2.45. The molecule has 2 aromatic heterocycles. The molecule has 0 N–H and O–H groups in total. The summed E-state index contributed by atoms with van der Waals surface area (Å²) < 4.78 is 4.67. The number of para-hydroxylation sites is 1. The molecule has 4 nitrogen and oxygen atoms in total. The highest BCUT2D eigenvalue weighted by molar-refractivity contribution is 5.63. The van der Waals surface area contributed by atoms with Gasteiger partial charge in [-0.25, -0.2) is 4.98 Å². The topological polar surface area (TPSA) is 25.5 Å². The van der Waals surface area contributed by atoms with E-state index in [4.69, 9.17) is 0 Å². The molecule has 2 aliphatic rings. The molecule has 1 spiro atoms. The minimum Gasteiger partial charge on any atom is -0.352 e. The Hall–Kier alpha value is -2.23. The van der Waals surface area contributed by atoms with Crippen molar-refractivity contribution in [2.45, 2.75) is 57.5 Å². The third-order valence-corrected chi connectivity index (χ3v) is 6.50. The van der Waals surface area contributed by atoms with Crippen LogP contribution in [0.15, 0.2) is 36.7 Å². The van der Waals surface area contributed by atoms with Gasteiger partial charge in [-0.2, -0.15) is 0 Å². The van der Waals surface area contributed by atoms with E-state index in [0.717, 1.165) is 5.78 Å². The maximum Gasteiger partial charge on any atom is 0.214 e. The van der Waals surface area contributed by atoms with Gasteiger partial charge >= 0.3 is 0 Å². The summed E-state index contributed by atoms with van der Waals surface area (Å²) in [5.74, 6) is 1.08. The Labute approximate surface area is 149 Å². The SMILES string of the molecule is Cc1ccccc1N1[C@@H](C)c2c(n(C)c3nccn23)C12CCCCC2. The third-order valence-electron chi connectivity index (χ3n) is 6.50. The average molecular weight is 334 g/mol. The summed E-state index contributed by atoms with van der Waals surface area (Å²) in [5, 5.41) is 0. The third kappa shape index (κ3) is 1.80. The molecule has 0 amide bonds. The quantitative estimate of drug-likeness (QED) is 0.643. The molecular formula is C21H26N4. The van der Waals surface area contributed by atoms with Gasteiger partial charge in [-0.1, -0.05) is 37.5 Å². The van der Waals surface area contributed by atoms with Crippen LogP contribution in [0.1, 0.15) is 62.0 Å². The summed E-state index contributed by atoms with van der Waals surface area (Å²) in [6, 6.07) is 9.23. The molecule has 1 atom stereocenters. The fourth-order valence-corrected chi connectivity index (χ4v) is 5.56. The molecule has 3 aromatic rings. The number of hydrogen-bond acceptors (Lipinski definition) is 2. The van der Waals surface area contributed by atoms with Crippen LogP contribution in [0, 0.1) is 6.92 Å². The van der Waals surface area contributed by atoms with Crippen molar-refractivity contribution in [2.75, 3.05) is 4.90 Å². The van der Waals surface area contributed by atoms with Crippen molar-refractivity contribution >= 4 is 11.5 Å². The lowest BCUT2D eigenvalue weighted by atomic mass is 9.79. The van der Waals surface area contributed by atoms with Gasteiger partial charge in [0.1, 0.15) is 0 Å². The minimum atomic E-state index is 0.106. The second-order valence-electron chi connectivity index (χ2n) is 7.81. The number of aryl methyl sites for hydroxylation is 2. The molecule has 0 unspecified atom stereocenters. The van der Waals surface area contributed by atoms with E-state index in [-0.39, 0.29) is 5.54 Å². The lowest BCUT2D eigenvalue weighted by Gasteiger charge is -2.46. The first-order valence-corrected chi connectivity index (χ1v) is 9.52. The highest BCUT2D eigenvalue weighted by Gasteiger charge is 2.53. The summed E-state index contributed by atoms with van der Waals surface area (Å²) >= 11 is 0. The molecule has 0 bridgehead atoms. The van der Waals surface area contributed by atoms with Crippen molar-refractivity contribution in [2.24, 2.45) is 7.05 Å². The van der Waals surface area contributed by atoms with E-state index >= 15 is 0 Å². The van der Waals surface area contributed by atoms with E-state index in [1.807, 2.05) is 6.20 Å². The van der Waals surface area contributed by atoms with Crippen LogP contribution >= 0.6 is 0 Å². The summed E-state index contributed by atoms with van der Waals surface area (Å²) in [5.41, 5.74) is 5.79. The van der Waals surface area contributed by atoms with Gasteiger partial charge in [-0.15, -0.1) is 0 Å². The molecule has 5 rings (SSSR count). The van der Waals surface area contributed by atoms with Gasteiger partial charge in [-0.3, -0.25) is 4.40 Å². The van der Waals surface area contributed by atoms with Crippen LogP contribution in [-0.4, -0.2) is 14.0 Å². The minimum absolute atomic E-state index is 0.106. The molecule has 1 aromatic carbocycles. The zero-order valence-corrected chi connectivity index (χ0v) is 15.4. The monoisotopic (exact) mass is 334 g/mol. The lowest BCUT2D eigenvalue weighted by molar-refractivity contribution is 0.273. The summed E-state index contributed by atoms with van der Waals surface area (Å²) in [4.78, 5) is 7.34. The molecule has 1 fully saturated rings. The second kappa shape index (κ2) is 5.13. The summed E-state index contributed by atoms with van der Waals surface area (Å²) in [6.45, 7) is 4.61. The van der Waals surface area contributed by atoms with Crippen LogP contribution in [0.4, 0.5) is 5.69 Å². The number of hydrogen-bond donors (Lipinski definition) is 0. The molecular weight excluding hydrogens is 308 g/mol. The van der Waals surface area contributed by atoms with Gasteiger partial charge in [0.25, 0.3) is 0 Å². The van der Waals surface area contributed by atoms with Gasteiger partial charge in [0, 0.05) is 25.1 Å². The van der Waals surface area contributed by atoms with Crippen molar-refractivity contribution in [3.63, 3.8) is 0 Å². The van der Waals surface area contributed by atoms with Gasteiger partial charge < -0.3 is 9.47 Å². The molecule has 130 valence electrons. The Kier molecular flexibility index (Phi) is 3.09. The number of rotatable bonds is 1. The van der Waals surface area contributed by atoms with Gasteiger partial charge in [0.2, 0.25) is 5.78 Å². The van der Waals surface area contributed by atoms with E-state index in [9.17, 15) is 0 Å². The maximum atomic E-state index is 4.62. The zero-order valence-electron chi connectivity index (χ0n) is 15.4. The zero-order chi connectivity index (χ0) is 17.2. The van der Waals surface area contributed by atoms with Gasteiger partial charge in [-0.05, 0) is 38.3 Å². The molecule has 1 saturated carbocycles. The predicted octanol–water partition coefficient (Wildman–Crippen LogP) is 4.72. The van der Waals surface area contributed by atoms with Crippen LogP contribution in [0.5, 0.6) is 0 Å². The van der Waals surface area contributed by atoms with Crippen molar-refractivity contribution in [3.05, 3.63) is 53.6 Å². The van der Waals surface area contributed by atoms with Crippen molar-refractivity contribution in [3.8, 4) is 0 Å². The second-order valence-corrected chi connectivity index (χ2v) is 7.81. The van der Waals surface area contributed by atoms with Crippen molar-refractivity contribution < 1.29 is 0 Å². The van der Waals surface area contributed by atoms with Crippen LogP contribution in [0.25, 0.3) is 5.78 Å². The molecule has 1 aliphatic heterocycles. The molecule has 0 radical (unpaired) electrons. The molecule has 4 heteroatoms. The molecule has 25 heavy (non-hydrogen) atoms. The highest BCUT2D eigenvalue weighted by atomic mass is 15.3. The number of nitrogens with zero attached hydrogens (tertiary/aromatic N) is 4. The first-order valence-electron chi connectivity index (χ1n) is 9.52.